The second-order valence-electron chi connectivity index (χ2n) is 5.23. The molecule has 0 aromatic carbocycles. The van der Waals surface area contributed by atoms with E-state index in [0.29, 0.717) is 11.3 Å². The Morgan fingerprint density at radius 2 is 2.06 bits per heavy atom. The average Bonchev–Trinajstić information content (AvgIpc) is 2.21. The van der Waals surface area contributed by atoms with Crippen molar-refractivity contribution in [3.63, 3.8) is 0 Å². The molecule has 4 heteroatoms. The van der Waals surface area contributed by atoms with E-state index >= 15 is 0 Å². The second kappa shape index (κ2) is 4.28. The SMILES string of the molecule is CC1(C)CCC(Oc2ccnc(N)n2)CC1. The topological polar surface area (TPSA) is 61.0 Å². The van der Waals surface area contributed by atoms with Gasteiger partial charge in [0.25, 0.3) is 0 Å². The lowest BCUT2D eigenvalue weighted by molar-refractivity contribution is 0.0949. The summed E-state index contributed by atoms with van der Waals surface area (Å²) in [6.07, 6.45) is 6.51. The van der Waals surface area contributed by atoms with Gasteiger partial charge in [-0.05, 0) is 31.1 Å². The minimum atomic E-state index is 0.272. The van der Waals surface area contributed by atoms with E-state index in [1.165, 1.54) is 12.8 Å². The third kappa shape index (κ3) is 2.84. The third-order valence-electron chi connectivity index (χ3n) is 3.22. The van der Waals surface area contributed by atoms with Crippen molar-refractivity contribution < 1.29 is 4.74 Å². The highest BCUT2D eigenvalue weighted by atomic mass is 16.5. The Kier molecular flexibility index (Phi) is 2.99. The maximum absolute atomic E-state index is 5.80. The molecule has 0 unspecified atom stereocenters. The van der Waals surface area contributed by atoms with Gasteiger partial charge in [-0.15, -0.1) is 0 Å². The van der Waals surface area contributed by atoms with Gasteiger partial charge in [0, 0.05) is 12.3 Å². The van der Waals surface area contributed by atoms with E-state index < -0.39 is 0 Å². The number of hydrogen-bond acceptors (Lipinski definition) is 4. The molecular formula is C12H19N3O. The van der Waals surface area contributed by atoms with Crippen molar-refractivity contribution in [2.24, 2.45) is 5.41 Å². The van der Waals surface area contributed by atoms with Gasteiger partial charge < -0.3 is 10.5 Å². The van der Waals surface area contributed by atoms with Crippen LogP contribution in [0.3, 0.4) is 0 Å². The summed E-state index contributed by atoms with van der Waals surface area (Å²) >= 11 is 0. The van der Waals surface area contributed by atoms with E-state index in [0.717, 1.165) is 12.8 Å². The Balaban J connectivity index is 1.92. The molecule has 4 nitrogen and oxygen atoms in total. The van der Waals surface area contributed by atoms with Crippen molar-refractivity contribution >= 4 is 5.95 Å². The predicted octanol–water partition coefficient (Wildman–Crippen LogP) is 2.41. The molecule has 0 bridgehead atoms. The lowest BCUT2D eigenvalue weighted by Crippen LogP contribution is -2.28. The molecule has 0 radical (unpaired) electrons. The molecule has 1 aromatic rings. The van der Waals surface area contributed by atoms with Gasteiger partial charge >= 0.3 is 0 Å². The zero-order valence-corrected chi connectivity index (χ0v) is 9.94. The fraction of sp³-hybridized carbons (Fsp3) is 0.667. The average molecular weight is 221 g/mol. The molecule has 1 aromatic heterocycles. The lowest BCUT2D eigenvalue weighted by Gasteiger charge is -2.34. The molecule has 2 N–H and O–H groups in total. The highest BCUT2D eigenvalue weighted by Crippen LogP contribution is 2.36. The maximum Gasteiger partial charge on any atom is 0.223 e. The molecule has 0 aliphatic heterocycles. The highest BCUT2D eigenvalue weighted by Gasteiger charge is 2.27. The van der Waals surface area contributed by atoms with Gasteiger partial charge in [-0.3, -0.25) is 0 Å². The van der Waals surface area contributed by atoms with E-state index in [2.05, 4.69) is 23.8 Å². The molecule has 0 saturated heterocycles. The van der Waals surface area contributed by atoms with Gasteiger partial charge in [-0.1, -0.05) is 13.8 Å². The molecule has 0 amide bonds. The third-order valence-corrected chi connectivity index (χ3v) is 3.22. The number of rotatable bonds is 2. The van der Waals surface area contributed by atoms with Crippen molar-refractivity contribution in [2.45, 2.75) is 45.6 Å². The zero-order valence-electron chi connectivity index (χ0n) is 9.94. The summed E-state index contributed by atoms with van der Waals surface area (Å²) in [5, 5.41) is 0. The van der Waals surface area contributed by atoms with Gasteiger partial charge in [0.2, 0.25) is 11.8 Å². The summed E-state index contributed by atoms with van der Waals surface area (Å²) in [5.41, 5.74) is 5.97. The van der Waals surface area contributed by atoms with Crippen LogP contribution in [0.1, 0.15) is 39.5 Å². The number of hydrogen-bond donors (Lipinski definition) is 1. The van der Waals surface area contributed by atoms with Crippen LogP contribution in [0.4, 0.5) is 5.95 Å². The number of nitrogen functional groups attached to an aromatic ring is 1. The molecule has 1 heterocycles. The summed E-state index contributed by atoms with van der Waals surface area (Å²) < 4.78 is 5.80. The van der Waals surface area contributed by atoms with Gasteiger partial charge in [0.1, 0.15) is 6.10 Å². The largest absolute Gasteiger partial charge is 0.474 e. The molecule has 1 aliphatic rings. The summed E-state index contributed by atoms with van der Waals surface area (Å²) in [6, 6.07) is 1.76. The number of anilines is 1. The first-order valence-electron chi connectivity index (χ1n) is 5.80. The summed E-state index contributed by atoms with van der Waals surface area (Å²) in [4.78, 5) is 7.89. The van der Waals surface area contributed by atoms with Crippen LogP contribution in [0.25, 0.3) is 0 Å². The Hall–Kier alpha value is -1.32. The van der Waals surface area contributed by atoms with E-state index in [1.807, 2.05) is 0 Å². The number of ether oxygens (including phenoxy) is 1. The monoisotopic (exact) mass is 221 g/mol. The molecule has 1 aliphatic carbocycles. The first-order chi connectivity index (χ1) is 7.55. The molecule has 0 spiro atoms. The Morgan fingerprint density at radius 1 is 1.38 bits per heavy atom. The van der Waals surface area contributed by atoms with Gasteiger partial charge in [0.15, 0.2) is 0 Å². The standard InChI is InChI=1S/C12H19N3O/c1-12(2)6-3-9(4-7-12)16-10-5-8-14-11(13)15-10/h5,8-9H,3-4,6-7H2,1-2H3,(H2,13,14,15). The Morgan fingerprint density at radius 3 is 2.69 bits per heavy atom. The molecule has 88 valence electrons. The van der Waals surface area contributed by atoms with Crippen LogP contribution in [-0.2, 0) is 0 Å². The summed E-state index contributed by atoms with van der Waals surface area (Å²) in [6.45, 7) is 4.62. The van der Waals surface area contributed by atoms with Crippen LogP contribution in [0.5, 0.6) is 5.88 Å². The highest BCUT2D eigenvalue weighted by molar-refractivity contribution is 5.20. The van der Waals surface area contributed by atoms with E-state index in [9.17, 15) is 0 Å². The molecule has 2 rings (SSSR count). The van der Waals surface area contributed by atoms with E-state index in [-0.39, 0.29) is 12.1 Å². The first kappa shape index (κ1) is 11.2. The van der Waals surface area contributed by atoms with Crippen LogP contribution in [-0.4, -0.2) is 16.1 Å². The second-order valence-corrected chi connectivity index (χ2v) is 5.23. The molecular weight excluding hydrogens is 202 g/mol. The number of nitrogens with two attached hydrogens (primary N) is 1. The molecule has 1 saturated carbocycles. The number of nitrogens with zero attached hydrogens (tertiary/aromatic N) is 2. The first-order valence-corrected chi connectivity index (χ1v) is 5.80. The number of aromatic nitrogens is 2. The van der Waals surface area contributed by atoms with Crippen molar-refractivity contribution in [3.8, 4) is 5.88 Å². The van der Waals surface area contributed by atoms with E-state index in [1.54, 1.807) is 12.3 Å². The van der Waals surface area contributed by atoms with Crippen molar-refractivity contribution in [3.05, 3.63) is 12.3 Å². The fourth-order valence-electron chi connectivity index (χ4n) is 2.08. The van der Waals surface area contributed by atoms with Crippen molar-refractivity contribution in [1.29, 1.82) is 0 Å². The maximum atomic E-state index is 5.80. The molecule has 0 atom stereocenters. The minimum absolute atomic E-state index is 0.272. The normalized spacial score (nSPS) is 20.6. The van der Waals surface area contributed by atoms with Crippen molar-refractivity contribution in [2.75, 3.05) is 5.73 Å². The quantitative estimate of drug-likeness (QED) is 0.833. The van der Waals surface area contributed by atoms with Gasteiger partial charge in [-0.25, -0.2) is 4.98 Å². The summed E-state index contributed by atoms with van der Waals surface area (Å²) in [7, 11) is 0. The lowest BCUT2D eigenvalue weighted by atomic mass is 9.76. The summed E-state index contributed by atoms with van der Waals surface area (Å²) in [5.74, 6) is 0.867. The van der Waals surface area contributed by atoms with Crippen LogP contribution in [0, 0.1) is 5.41 Å². The fourth-order valence-corrected chi connectivity index (χ4v) is 2.08. The molecule has 1 fully saturated rings. The van der Waals surface area contributed by atoms with Crippen LogP contribution in [0.2, 0.25) is 0 Å². The smallest absolute Gasteiger partial charge is 0.223 e. The van der Waals surface area contributed by atoms with E-state index in [4.69, 9.17) is 10.5 Å². The van der Waals surface area contributed by atoms with Gasteiger partial charge in [0.05, 0.1) is 0 Å². The van der Waals surface area contributed by atoms with Crippen LogP contribution in [0.15, 0.2) is 12.3 Å². The van der Waals surface area contributed by atoms with Crippen molar-refractivity contribution in [1.82, 2.24) is 9.97 Å². The Bertz CT molecular complexity index is 355. The minimum Gasteiger partial charge on any atom is -0.474 e. The van der Waals surface area contributed by atoms with Crippen LogP contribution < -0.4 is 10.5 Å². The zero-order chi connectivity index (χ0) is 11.6. The predicted molar refractivity (Wildman–Crippen MR) is 63.1 cm³/mol. The van der Waals surface area contributed by atoms with Crippen LogP contribution >= 0.6 is 0 Å². The Labute approximate surface area is 96.2 Å². The molecule has 16 heavy (non-hydrogen) atoms. The van der Waals surface area contributed by atoms with Gasteiger partial charge in [-0.2, -0.15) is 4.98 Å².